The Kier molecular flexibility index (Phi) is 2.91. The monoisotopic (exact) mass is 252 g/mol. The van der Waals surface area contributed by atoms with Crippen LogP contribution in [0.4, 0.5) is 5.69 Å². The smallest absolute Gasteiger partial charge is 0.107 e. The molecule has 2 heterocycles. The first-order valence-electron chi connectivity index (χ1n) is 6.36. The van der Waals surface area contributed by atoms with Crippen LogP contribution in [0.5, 0.6) is 0 Å². The summed E-state index contributed by atoms with van der Waals surface area (Å²) in [6.45, 7) is 2.19. The Labute approximate surface area is 111 Å². The second kappa shape index (κ2) is 4.72. The molecule has 3 N–H and O–H groups in total. The van der Waals surface area contributed by atoms with Gasteiger partial charge in [0.1, 0.15) is 5.82 Å². The largest absolute Gasteiger partial charge is 0.399 e. The third kappa shape index (κ3) is 2.42. The van der Waals surface area contributed by atoms with Crippen LogP contribution in [-0.4, -0.2) is 15.0 Å². The summed E-state index contributed by atoms with van der Waals surface area (Å²) in [7, 11) is 0. The van der Waals surface area contributed by atoms with Gasteiger partial charge in [0.15, 0.2) is 0 Å². The molecule has 96 valence electrons. The summed E-state index contributed by atoms with van der Waals surface area (Å²) in [6.07, 6.45) is 4.44. The van der Waals surface area contributed by atoms with Crippen LogP contribution in [0.3, 0.4) is 0 Å². The molecule has 0 aliphatic rings. The van der Waals surface area contributed by atoms with Crippen molar-refractivity contribution in [2.24, 2.45) is 0 Å². The number of nitrogens with two attached hydrogens (primary N) is 1. The van der Waals surface area contributed by atoms with Crippen molar-refractivity contribution < 1.29 is 0 Å². The summed E-state index contributed by atoms with van der Waals surface area (Å²) >= 11 is 0. The predicted octanol–water partition coefficient (Wildman–Crippen LogP) is 2.89. The number of aromatic amines is 1. The molecule has 1 aromatic carbocycles. The van der Waals surface area contributed by atoms with Crippen LogP contribution in [-0.2, 0) is 6.42 Å². The van der Waals surface area contributed by atoms with Crippen molar-refractivity contribution in [2.75, 3.05) is 5.73 Å². The standard InChI is InChI=1S/C15H16N4/c1-10(11-2-4-12(16)5-3-11)8-15-18-13-6-7-17-9-14(13)19-15/h2-7,9-10H,8,16H2,1H3,(H,18,19). The van der Waals surface area contributed by atoms with Gasteiger partial charge in [0.2, 0.25) is 0 Å². The molecule has 0 aliphatic heterocycles. The molecule has 0 bridgehead atoms. The summed E-state index contributed by atoms with van der Waals surface area (Å²) in [5, 5.41) is 0. The van der Waals surface area contributed by atoms with Crippen LogP contribution < -0.4 is 5.73 Å². The number of hydrogen-bond acceptors (Lipinski definition) is 3. The number of nitrogens with one attached hydrogen (secondary N) is 1. The van der Waals surface area contributed by atoms with Crippen molar-refractivity contribution in [1.29, 1.82) is 0 Å². The van der Waals surface area contributed by atoms with Crippen LogP contribution in [0.15, 0.2) is 42.7 Å². The zero-order valence-corrected chi connectivity index (χ0v) is 10.8. The normalized spacial score (nSPS) is 12.7. The molecule has 0 saturated carbocycles. The van der Waals surface area contributed by atoms with E-state index >= 15 is 0 Å². The molecule has 3 aromatic rings. The van der Waals surface area contributed by atoms with Gasteiger partial charge in [0.25, 0.3) is 0 Å². The Morgan fingerprint density at radius 1 is 1.21 bits per heavy atom. The van der Waals surface area contributed by atoms with Gasteiger partial charge >= 0.3 is 0 Å². The Balaban J connectivity index is 1.82. The molecule has 3 rings (SSSR count). The number of aromatic nitrogens is 3. The van der Waals surface area contributed by atoms with Crippen molar-refractivity contribution in [3.05, 3.63) is 54.1 Å². The van der Waals surface area contributed by atoms with Gasteiger partial charge in [0.05, 0.1) is 17.2 Å². The summed E-state index contributed by atoms with van der Waals surface area (Å²) in [4.78, 5) is 12.0. The van der Waals surface area contributed by atoms with Gasteiger partial charge in [-0.15, -0.1) is 0 Å². The van der Waals surface area contributed by atoms with E-state index in [4.69, 9.17) is 5.73 Å². The zero-order valence-electron chi connectivity index (χ0n) is 10.8. The van der Waals surface area contributed by atoms with Crippen LogP contribution in [0.2, 0.25) is 0 Å². The number of fused-ring (bicyclic) bond motifs is 1. The highest BCUT2D eigenvalue weighted by Crippen LogP contribution is 2.21. The number of imidazole rings is 1. The molecule has 0 saturated heterocycles. The molecule has 0 aliphatic carbocycles. The molecule has 0 radical (unpaired) electrons. The van der Waals surface area contributed by atoms with Crippen molar-refractivity contribution in [3.63, 3.8) is 0 Å². The minimum absolute atomic E-state index is 0.397. The fourth-order valence-corrected chi connectivity index (χ4v) is 2.24. The van der Waals surface area contributed by atoms with Gasteiger partial charge in [-0.3, -0.25) is 4.98 Å². The fourth-order valence-electron chi connectivity index (χ4n) is 2.24. The van der Waals surface area contributed by atoms with E-state index in [1.807, 2.05) is 18.2 Å². The molecule has 19 heavy (non-hydrogen) atoms. The number of pyridine rings is 1. The van der Waals surface area contributed by atoms with E-state index in [1.165, 1.54) is 5.56 Å². The lowest BCUT2D eigenvalue weighted by atomic mass is 9.97. The van der Waals surface area contributed by atoms with E-state index in [1.54, 1.807) is 12.4 Å². The second-order valence-corrected chi connectivity index (χ2v) is 4.85. The number of anilines is 1. The number of H-pyrrole nitrogens is 1. The Morgan fingerprint density at radius 2 is 2.00 bits per heavy atom. The summed E-state index contributed by atoms with van der Waals surface area (Å²) in [6, 6.07) is 9.94. The molecule has 1 atom stereocenters. The molecule has 0 spiro atoms. The first kappa shape index (κ1) is 11.7. The SMILES string of the molecule is CC(Cc1nc2ccncc2[nH]1)c1ccc(N)cc1. The molecular formula is C15H16N4. The van der Waals surface area contributed by atoms with Crippen molar-refractivity contribution in [1.82, 2.24) is 15.0 Å². The van der Waals surface area contributed by atoms with E-state index < -0.39 is 0 Å². The lowest BCUT2D eigenvalue weighted by Crippen LogP contribution is -2.00. The first-order chi connectivity index (χ1) is 9.22. The minimum Gasteiger partial charge on any atom is -0.399 e. The van der Waals surface area contributed by atoms with Gasteiger partial charge in [-0.05, 0) is 29.7 Å². The molecular weight excluding hydrogens is 236 g/mol. The highest BCUT2D eigenvalue weighted by molar-refractivity contribution is 5.73. The highest BCUT2D eigenvalue weighted by Gasteiger charge is 2.10. The number of hydrogen-bond donors (Lipinski definition) is 2. The Bertz CT molecular complexity index is 652. The maximum absolute atomic E-state index is 5.70. The van der Waals surface area contributed by atoms with Gasteiger partial charge in [-0.25, -0.2) is 4.98 Å². The first-order valence-corrected chi connectivity index (χ1v) is 6.36. The topological polar surface area (TPSA) is 67.6 Å². The Hall–Kier alpha value is -2.36. The van der Waals surface area contributed by atoms with E-state index in [0.29, 0.717) is 5.92 Å². The van der Waals surface area contributed by atoms with Gasteiger partial charge in [-0.2, -0.15) is 0 Å². The maximum atomic E-state index is 5.70. The van der Waals surface area contributed by atoms with Crippen molar-refractivity contribution in [2.45, 2.75) is 19.3 Å². The number of benzene rings is 1. The lowest BCUT2D eigenvalue weighted by Gasteiger charge is -2.10. The predicted molar refractivity (Wildman–Crippen MR) is 76.9 cm³/mol. The van der Waals surface area contributed by atoms with E-state index in [9.17, 15) is 0 Å². The third-order valence-corrected chi connectivity index (χ3v) is 3.34. The summed E-state index contributed by atoms with van der Waals surface area (Å²) < 4.78 is 0. The number of rotatable bonds is 3. The summed E-state index contributed by atoms with van der Waals surface area (Å²) in [5.74, 6) is 1.39. The minimum atomic E-state index is 0.397. The van der Waals surface area contributed by atoms with E-state index in [-0.39, 0.29) is 0 Å². The quantitative estimate of drug-likeness (QED) is 0.704. The van der Waals surface area contributed by atoms with Crippen LogP contribution in [0.1, 0.15) is 24.2 Å². The average molecular weight is 252 g/mol. The number of nitrogen functional groups attached to an aromatic ring is 1. The summed E-state index contributed by atoms with van der Waals surface area (Å²) in [5.41, 5.74) is 9.73. The molecule has 4 heteroatoms. The van der Waals surface area contributed by atoms with Crippen LogP contribution in [0, 0.1) is 0 Å². The van der Waals surface area contributed by atoms with Gasteiger partial charge in [0, 0.05) is 18.3 Å². The van der Waals surface area contributed by atoms with Crippen molar-refractivity contribution >= 4 is 16.7 Å². The zero-order chi connectivity index (χ0) is 13.2. The van der Waals surface area contributed by atoms with Crippen LogP contribution >= 0.6 is 0 Å². The van der Waals surface area contributed by atoms with Crippen LogP contribution in [0.25, 0.3) is 11.0 Å². The van der Waals surface area contributed by atoms with Gasteiger partial charge < -0.3 is 10.7 Å². The van der Waals surface area contributed by atoms with Crippen molar-refractivity contribution in [3.8, 4) is 0 Å². The molecule has 2 aromatic heterocycles. The lowest BCUT2D eigenvalue weighted by molar-refractivity contribution is 0.729. The Morgan fingerprint density at radius 3 is 2.74 bits per heavy atom. The number of nitrogens with zero attached hydrogens (tertiary/aromatic N) is 2. The van der Waals surface area contributed by atoms with E-state index in [2.05, 4.69) is 34.0 Å². The molecule has 4 nitrogen and oxygen atoms in total. The third-order valence-electron chi connectivity index (χ3n) is 3.34. The molecule has 0 fully saturated rings. The second-order valence-electron chi connectivity index (χ2n) is 4.85. The molecule has 1 unspecified atom stereocenters. The molecule has 0 amide bonds. The van der Waals surface area contributed by atoms with Gasteiger partial charge in [-0.1, -0.05) is 19.1 Å². The average Bonchev–Trinajstić information content (AvgIpc) is 2.81. The van der Waals surface area contributed by atoms with E-state index in [0.717, 1.165) is 29.0 Å². The fraction of sp³-hybridized carbons (Fsp3) is 0.200. The maximum Gasteiger partial charge on any atom is 0.107 e. The highest BCUT2D eigenvalue weighted by atomic mass is 14.9.